The fraction of sp³-hybridized carbons (Fsp3) is 0.219. The molecule has 0 amide bonds. The first-order chi connectivity index (χ1) is 17.1. The molecule has 0 heterocycles. The second-order valence-corrected chi connectivity index (χ2v) is 8.98. The number of carboxylic acids is 1. The summed E-state index contributed by atoms with van der Waals surface area (Å²) >= 11 is 0. The maximum absolute atomic E-state index is 11.4. The molecule has 0 bridgehead atoms. The molecular formula is C32H33NO2. The molecule has 178 valence electrons. The zero-order valence-electron chi connectivity index (χ0n) is 20.2. The van der Waals surface area contributed by atoms with E-state index in [1.807, 2.05) is 18.2 Å². The van der Waals surface area contributed by atoms with E-state index in [-0.39, 0.29) is 6.54 Å². The monoisotopic (exact) mass is 463 g/mol. The van der Waals surface area contributed by atoms with E-state index in [0.29, 0.717) is 5.92 Å². The van der Waals surface area contributed by atoms with E-state index in [4.69, 9.17) is 0 Å². The smallest absolute Gasteiger partial charge is 0.317 e. The average Bonchev–Trinajstić information content (AvgIpc) is 2.92. The molecule has 0 aliphatic carbocycles. The van der Waals surface area contributed by atoms with Crippen molar-refractivity contribution < 1.29 is 9.90 Å². The van der Waals surface area contributed by atoms with Gasteiger partial charge in [0, 0.05) is 5.92 Å². The minimum atomic E-state index is -0.858. The number of aryl methyl sites for hydroxylation is 1. The van der Waals surface area contributed by atoms with Crippen molar-refractivity contribution in [3.8, 4) is 0 Å². The lowest BCUT2D eigenvalue weighted by molar-refractivity contribution is -0.136. The number of hydrogen-bond donors (Lipinski definition) is 2. The molecule has 2 N–H and O–H groups in total. The highest BCUT2D eigenvalue weighted by molar-refractivity contribution is 5.69. The SMILES string of the molecule is CCC(NCC(=O)O)(c1ccccc1)c1ccc(CCC(c2ccccc2)c2ccccc2)cc1. The Morgan fingerprint density at radius 3 is 1.71 bits per heavy atom. The van der Waals surface area contributed by atoms with Crippen LogP contribution in [0.5, 0.6) is 0 Å². The zero-order chi connectivity index (χ0) is 24.5. The summed E-state index contributed by atoms with van der Waals surface area (Å²) < 4.78 is 0. The molecule has 0 fully saturated rings. The minimum absolute atomic E-state index is 0.0969. The first kappa shape index (κ1) is 24.4. The highest BCUT2D eigenvalue weighted by Gasteiger charge is 2.32. The summed E-state index contributed by atoms with van der Waals surface area (Å²) in [4.78, 5) is 11.4. The molecule has 1 atom stereocenters. The van der Waals surface area contributed by atoms with E-state index in [1.165, 1.54) is 16.7 Å². The van der Waals surface area contributed by atoms with Crippen molar-refractivity contribution in [1.82, 2.24) is 5.32 Å². The molecule has 0 saturated carbocycles. The third-order valence-electron chi connectivity index (χ3n) is 6.91. The normalized spacial score (nSPS) is 12.9. The van der Waals surface area contributed by atoms with Crippen LogP contribution in [0.1, 0.15) is 53.5 Å². The van der Waals surface area contributed by atoms with E-state index in [1.54, 1.807) is 0 Å². The van der Waals surface area contributed by atoms with Crippen molar-refractivity contribution >= 4 is 5.97 Å². The molecule has 3 heteroatoms. The van der Waals surface area contributed by atoms with E-state index in [0.717, 1.165) is 30.4 Å². The quantitative estimate of drug-likeness (QED) is 0.258. The number of benzene rings is 4. The second-order valence-electron chi connectivity index (χ2n) is 8.98. The second kappa shape index (κ2) is 11.6. The molecule has 1 unspecified atom stereocenters. The topological polar surface area (TPSA) is 49.3 Å². The third-order valence-corrected chi connectivity index (χ3v) is 6.91. The van der Waals surface area contributed by atoms with Gasteiger partial charge in [0.2, 0.25) is 0 Å². The Morgan fingerprint density at radius 1 is 0.743 bits per heavy atom. The largest absolute Gasteiger partial charge is 0.480 e. The van der Waals surface area contributed by atoms with Crippen LogP contribution in [0.2, 0.25) is 0 Å². The Bertz CT molecular complexity index is 1150. The molecular weight excluding hydrogens is 430 g/mol. The standard InChI is InChI=1S/C32H33NO2/c1-2-32(33-24-31(34)35,28-16-10-5-11-17-28)29-21-18-25(19-22-29)20-23-30(26-12-6-3-7-13-26)27-14-8-4-9-15-27/h3-19,21-22,30,33H,2,20,23-24H2,1H3,(H,34,35). The van der Waals surface area contributed by atoms with E-state index >= 15 is 0 Å². The first-order valence-electron chi connectivity index (χ1n) is 12.3. The summed E-state index contributed by atoms with van der Waals surface area (Å²) in [5.41, 5.74) is 5.56. The zero-order valence-corrected chi connectivity index (χ0v) is 20.2. The molecule has 4 aromatic carbocycles. The van der Waals surface area contributed by atoms with Gasteiger partial charge in [-0.1, -0.05) is 122 Å². The number of nitrogens with one attached hydrogen (secondary N) is 1. The van der Waals surface area contributed by atoms with Crippen LogP contribution >= 0.6 is 0 Å². The van der Waals surface area contributed by atoms with Crippen LogP contribution in [-0.2, 0) is 16.8 Å². The van der Waals surface area contributed by atoms with Gasteiger partial charge in [-0.25, -0.2) is 0 Å². The Balaban J connectivity index is 1.57. The summed E-state index contributed by atoms with van der Waals surface area (Å²) in [5.74, 6) is -0.517. The molecule has 35 heavy (non-hydrogen) atoms. The van der Waals surface area contributed by atoms with E-state index in [9.17, 15) is 9.90 Å². The molecule has 0 aliphatic heterocycles. The predicted molar refractivity (Wildman–Crippen MR) is 143 cm³/mol. The van der Waals surface area contributed by atoms with Gasteiger partial charge >= 0.3 is 5.97 Å². The summed E-state index contributed by atoms with van der Waals surface area (Å²) in [6.07, 6.45) is 2.72. The van der Waals surface area contributed by atoms with Gasteiger partial charge < -0.3 is 5.11 Å². The van der Waals surface area contributed by atoms with Crippen LogP contribution < -0.4 is 5.32 Å². The van der Waals surface area contributed by atoms with Crippen LogP contribution in [0.3, 0.4) is 0 Å². The van der Waals surface area contributed by atoms with Crippen molar-refractivity contribution in [3.05, 3.63) is 143 Å². The first-order valence-corrected chi connectivity index (χ1v) is 12.3. The molecule has 0 aromatic heterocycles. The summed E-state index contributed by atoms with van der Waals surface area (Å²) in [7, 11) is 0. The van der Waals surface area contributed by atoms with E-state index < -0.39 is 11.5 Å². The maximum atomic E-state index is 11.4. The minimum Gasteiger partial charge on any atom is -0.480 e. The number of aliphatic carboxylic acids is 1. The van der Waals surface area contributed by atoms with Gasteiger partial charge in [-0.3, -0.25) is 10.1 Å². The Hall–Kier alpha value is -3.69. The van der Waals surface area contributed by atoms with Crippen molar-refractivity contribution in [3.63, 3.8) is 0 Å². The lowest BCUT2D eigenvalue weighted by Gasteiger charge is -2.35. The summed E-state index contributed by atoms with van der Waals surface area (Å²) in [6, 6.07) is 40.2. The summed E-state index contributed by atoms with van der Waals surface area (Å²) in [6.45, 7) is 2.00. The van der Waals surface area contributed by atoms with Gasteiger partial charge in [0.25, 0.3) is 0 Å². The van der Waals surface area contributed by atoms with Crippen LogP contribution in [0.15, 0.2) is 115 Å². The van der Waals surface area contributed by atoms with Crippen LogP contribution in [-0.4, -0.2) is 17.6 Å². The lowest BCUT2D eigenvalue weighted by Crippen LogP contribution is -2.45. The van der Waals surface area contributed by atoms with Crippen molar-refractivity contribution in [2.75, 3.05) is 6.54 Å². The third kappa shape index (κ3) is 5.87. The molecule has 0 spiro atoms. The molecule has 4 aromatic rings. The highest BCUT2D eigenvalue weighted by atomic mass is 16.4. The number of rotatable bonds is 11. The van der Waals surface area contributed by atoms with Crippen LogP contribution in [0, 0.1) is 0 Å². The molecule has 0 aliphatic rings. The summed E-state index contributed by atoms with van der Waals surface area (Å²) in [5, 5.41) is 12.7. The predicted octanol–water partition coefficient (Wildman–Crippen LogP) is 6.78. The van der Waals surface area contributed by atoms with Gasteiger partial charge in [0.05, 0.1) is 12.1 Å². The number of carbonyl (C=O) groups is 1. The van der Waals surface area contributed by atoms with Crippen LogP contribution in [0.4, 0.5) is 0 Å². The molecule has 0 radical (unpaired) electrons. The van der Waals surface area contributed by atoms with Gasteiger partial charge in [-0.15, -0.1) is 0 Å². The van der Waals surface area contributed by atoms with Gasteiger partial charge in [0.15, 0.2) is 0 Å². The van der Waals surface area contributed by atoms with Crippen molar-refractivity contribution in [2.24, 2.45) is 0 Å². The highest BCUT2D eigenvalue weighted by Crippen LogP contribution is 2.34. The average molecular weight is 464 g/mol. The lowest BCUT2D eigenvalue weighted by atomic mass is 9.80. The van der Waals surface area contributed by atoms with Crippen molar-refractivity contribution in [1.29, 1.82) is 0 Å². The fourth-order valence-corrected chi connectivity index (χ4v) is 5.02. The Kier molecular flexibility index (Phi) is 8.12. The van der Waals surface area contributed by atoms with Gasteiger partial charge in [-0.05, 0) is 47.1 Å². The number of carboxylic acid groups (broad SMARTS) is 1. The Morgan fingerprint density at radius 2 is 1.23 bits per heavy atom. The Labute approximate surface area is 208 Å². The maximum Gasteiger partial charge on any atom is 0.317 e. The van der Waals surface area contributed by atoms with Gasteiger partial charge in [0.1, 0.15) is 0 Å². The molecule has 3 nitrogen and oxygen atoms in total. The fourth-order valence-electron chi connectivity index (χ4n) is 5.02. The molecule has 4 rings (SSSR count). The van der Waals surface area contributed by atoms with Crippen molar-refractivity contribution in [2.45, 2.75) is 37.6 Å². The number of hydrogen-bond acceptors (Lipinski definition) is 2. The van der Waals surface area contributed by atoms with Gasteiger partial charge in [-0.2, -0.15) is 0 Å². The van der Waals surface area contributed by atoms with Crippen LogP contribution in [0.25, 0.3) is 0 Å². The van der Waals surface area contributed by atoms with E-state index in [2.05, 4.69) is 109 Å². The molecule has 0 saturated heterocycles.